The van der Waals surface area contributed by atoms with E-state index in [-0.39, 0.29) is 12.2 Å². The summed E-state index contributed by atoms with van der Waals surface area (Å²) in [7, 11) is 0. The van der Waals surface area contributed by atoms with Crippen LogP contribution in [0, 0.1) is 5.92 Å². The number of rotatable bonds is 26. The second-order valence-electron chi connectivity index (χ2n) is 12.2. The second kappa shape index (κ2) is 22.5. The Balaban J connectivity index is 2.84. The van der Waals surface area contributed by atoms with Crippen molar-refractivity contribution < 1.29 is 49.1 Å². The average molecular weight is 660 g/mol. The lowest BCUT2D eigenvalue weighted by Crippen LogP contribution is -2.55. The maximum absolute atomic E-state index is 13.3. The number of allylic oxidation sites excluding steroid dienone is 2. The number of nitrogens with one attached hydrogen (secondary N) is 1. The minimum absolute atomic E-state index is 0.155. The van der Waals surface area contributed by atoms with Gasteiger partial charge in [-0.25, -0.2) is 9.59 Å². The van der Waals surface area contributed by atoms with E-state index in [1.165, 1.54) is 12.5 Å². The van der Waals surface area contributed by atoms with Crippen molar-refractivity contribution in [1.82, 2.24) is 5.32 Å². The molecule has 0 unspecified atom stereocenters. The number of hydrogen-bond donors (Lipinski definition) is 5. The van der Waals surface area contributed by atoms with Gasteiger partial charge in [0.2, 0.25) is 5.91 Å². The summed E-state index contributed by atoms with van der Waals surface area (Å²) < 4.78 is 5.60. The molecule has 0 aliphatic carbocycles. The molecular formula is C36H53NO10. The van der Waals surface area contributed by atoms with Crippen molar-refractivity contribution >= 4 is 29.6 Å². The van der Waals surface area contributed by atoms with Crippen molar-refractivity contribution in [3.05, 3.63) is 53.6 Å². The van der Waals surface area contributed by atoms with Crippen molar-refractivity contribution in [2.75, 3.05) is 6.61 Å². The number of amides is 1. The fourth-order valence-electron chi connectivity index (χ4n) is 4.96. The molecule has 262 valence electrons. The predicted molar refractivity (Wildman–Crippen MR) is 178 cm³/mol. The number of hydrogen-bond acceptors (Lipinski definition) is 7. The molecule has 0 aromatic heterocycles. The Hall–Kier alpha value is -3.99. The first-order valence-corrected chi connectivity index (χ1v) is 16.5. The number of ether oxygens (including phenoxy) is 1. The van der Waals surface area contributed by atoms with Crippen LogP contribution in [0.25, 0.3) is 0 Å². The van der Waals surface area contributed by atoms with Gasteiger partial charge in [-0.15, -0.1) is 0 Å². The number of carboxylic acids is 3. The number of aliphatic carboxylic acids is 3. The summed E-state index contributed by atoms with van der Waals surface area (Å²) in [4.78, 5) is 60.9. The molecule has 47 heavy (non-hydrogen) atoms. The Morgan fingerprint density at radius 1 is 0.872 bits per heavy atom. The molecule has 0 bridgehead atoms. The van der Waals surface area contributed by atoms with E-state index in [9.17, 15) is 44.4 Å². The Labute approximate surface area is 278 Å². The fraction of sp³-hybridized carbons (Fsp3) is 0.583. The molecule has 0 radical (unpaired) electrons. The lowest BCUT2D eigenvalue weighted by Gasteiger charge is -2.29. The van der Waals surface area contributed by atoms with Crippen LogP contribution in [0.4, 0.5) is 0 Å². The van der Waals surface area contributed by atoms with Crippen molar-refractivity contribution in [2.24, 2.45) is 5.92 Å². The van der Waals surface area contributed by atoms with E-state index in [1.807, 2.05) is 19.9 Å². The summed E-state index contributed by atoms with van der Waals surface area (Å²) in [5.41, 5.74) is -1.38. The topological polar surface area (TPSA) is 188 Å². The number of carbonyl (C=O) groups excluding carboxylic acids is 2. The molecule has 0 saturated heterocycles. The summed E-state index contributed by atoms with van der Waals surface area (Å²) in [6.45, 7) is 6.40. The molecule has 0 spiro atoms. The highest BCUT2D eigenvalue weighted by atomic mass is 16.5. The monoisotopic (exact) mass is 659 g/mol. The van der Waals surface area contributed by atoms with Crippen LogP contribution < -0.4 is 10.1 Å². The minimum Gasteiger partial charge on any atom is -0.490 e. The van der Waals surface area contributed by atoms with E-state index in [4.69, 9.17) is 4.74 Å². The number of carboxylic acid groups (broad SMARTS) is 3. The molecule has 0 heterocycles. The number of ketones is 1. The highest BCUT2D eigenvalue weighted by Crippen LogP contribution is 2.26. The predicted octanol–water partition coefficient (Wildman–Crippen LogP) is 5.88. The van der Waals surface area contributed by atoms with E-state index in [0.717, 1.165) is 56.6 Å². The van der Waals surface area contributed by atoms with E-state index < -0.39 is 47.8 Å². The van der Waals surface area contributed by atoms with Gasteiger partial charge in [-0.3, -0.25) is 14.4 Å². The largest absolute Gasteiger partial charge is 0.490 e. The summed E-state index contributed by atoms with van der Waals surface area (Å²) in [6.07, 6.45) is 13.2. The standard InChI is InChI=1S/C36H53NO10/c1-4-5-6-9-12-15-28(38)16-13-10-7-8-11-14-17-30(36(46,35(44)45)25-32(39)40)33(41)37-31(34(42)43)24-27-18-20-29(21-19-27)47-23-22-26(2)3/h14,17-22,30-31,46H,4-13,15-16,23-25H2,1-3H3,(H,37,41)(H,39,40)(H,42,43)(H,44,45)/b17-14-/t30-,31+,36+/m1/s1. The van der Waals surface area contributed by atoms with Gasteiger partial charge in [0.15, 0.2) is 5.60 Å². The molecule has 0 saturated carbocycles. The molecule has 1 rings (SSSR count). The highest BCUT2D eigenvalue weighted by Gasteiger charge is 2.49. The number of aliphatic hydroxyl groups is 1. The number of Topliss-reactive ketones (excluding diaryl/α,β-unsaturated/α-hetero) is 1. The SMILES string of the molecule is CCCCCCCC(=O)CCCCCC/C=C\[C@H](C(=O)N[C@@H](Cc1ccc(OCC=C(C)C)cc1)C(=O)O)[C@@](O)(CC(=O)O)C(=O)O. The molecule has 11 nitrogen and oxygen atoms in total. The maximum Gasteiger partial charge on any atom is 0.337 e. The van der Waals surface area contributed by atoms with E-state index in [0.29, 0.717) is 43.6 Å². The lowest BCUT2D eigenvalue weighted by atomic mass is 9.82. The van der Waals surface area contributed by atoms with Gasteiger partial charge in [0.1, 0.15) is 24.2 Å². The third kappa shape index (κ3) is 16.9. The second-order valence-corrected chi connectivity index (χ2v) is 12.2. The molecule has 1 aromatic carbocycles. The van der Waals surface area contributed by atoms with Gasteiger partial charge in [-0.05, 0) is 63.3 Å². The quantitative estimate of drug-likeness (QED) is 0.0594. The molecular weight excluding hydrogens is 606 g/mol. The van der Waals surface area contributed by atoms with Crippen LogP contribution >= 0.6 is 0 Å². The van der Waals surface area contributed by atoms with Crippen molar-refractivity contribution in [3.63, 3.8) is 0 Å². The molecule has 1 aromatic rings. The zero-order valence-electron chi connectivity index (χ0n) is 28.0. The van der Waals surface area contributed by atoms with E-state index in [2.05, 4.69) is 12.2 Å². The van der Waals surface area contributed by atoms with Gasteiger partial charge in [-0.2, -0.15) is 0 Å². The molecule has 0 fully saturated rings. The Kier molecular flexibility index (Phi) is 19.7. The average Bonchev–Trinajstić information content (AvgIpc) is 2.99. The number of benzene rings is 1. The number of carbonyl (C=O) groups is 5. The normalized spacial score (nSPS) is 13.7. The lowest BCUT2D eigenvalue weighted by molar-refractivity contribution is -0.172. The van der Waals surface area contributed by atoms with Gasteiger partial charge < -0.3 is 30.5 Å². The van der Waals surface area contributed by atoms with Crippen LogP contribution in [0.1, 0.15) is 110 Å². The summed E-state index contributed by atoms with van der Waals surface area (Å²) >= 11 is 0. The van der Waals surface area contributed by atoms with Crippen LogP contribution in [-0.4, -0.2) is 68.3 Å². The first kappa shape index (κ1) is 41.0. The van der Waals surface area contributed by atoms with Gasteiger partial charge in [-0.1, -0.05) is 75.3 Å². The zero-order valence-corrected chi connectivity index (χ0v) is 28.0. The zero-order chi connectivity index (χ0) is 35.2. The summed E-state index contributed by atoms with van der Waals surface area (Å²) in [6, 6.07) is 5.10. The minimum atomic E-state index is -3.02. The molecule has 0 aliphatic heterocycles. The van der Waals surface area contributed by atoms with Crippen LogP contribution in [0.3, 0.4) is 0 Å². The molecule has 5 N–H and O–H groups in total. The first-order valence-electron chi connectivity index (χ1n) is 16.5. The van der Waals surface area contributed by atoms with Crippen LogP contribution in [0.5, 0.6) is 5.75 Å². The van der Waals surface area contributed by atoms with Gasteiger partial charge in [0, 0.05) is 19.3 Å². The third-order valence-corrected chi connectivity index (χ3v) is 7.77. The van der Waals surface area contributed by atoms with Gasteiger partial charge in [0.25, 0.3) is 0 Å². The molecule has 3 atom stereocenters. The summed E-state index contributed by atoms with van der Waals surface area (Å²) in [5, 5.41) is 42.1. The highest BCUT2D eigenvalue weighted by molar-refractivity contribution is 5.94. The summed E-state index contributed by atoms with van der Waals surface area (Å²) in [5.74, 6) is -7.13. The Morgan fingerprint density at radius 3 is 2.00 bits per heavy atom. The Morgan fingerprint density at radius 2 is 1.47 bits per heavy atom. The van der Waals surface area contributed by atoms with Crippen LogP contribution in [0.15, 0.2) is 48.1 Å². The van der Waals surface area contributed by atoms with Crippen molar-refractivity contribution in [2.45, 2.75) is 122 Å². The molecule has 0 aliphatic rings. The molecule has 1 amide bonds. The van der Waals surface area contributed by atoms with E-state index >= 15 is 0 Å². The van der Waals surface area contributed by atoms with Crippen molar-refractivity contribution in [3.8, 4) is 5.75 Å². The van der Waals surface area contributed by atoms with Crippen molar-refractivity contribution in [1.29, 1.82) is 0 Å². The van der Waals surface area contributed by atoms with E-state index in [1.54, 1.807) is 24.3 Å². The van der Waals surface area contributed by atoms with Gasteiger partial charge in [0.05, 0.1) is 12.3 Å². The fourth-order valence-corrected chi connectivity index (χ4v) is 4.96. The smallest absolute Gasteiger partial charge is 0.337 e. The van der Waals surface area contributed by atoms with Crippen LogP contribution in [-0.2, 0) is 30.4 Å². The maximum atomic E-state index is 13.3. The number of unbranched alkanes of at least 4 members (excludes halogenated alkanes) is 8. The van der Waals surface area contributed by atoms with Crippen LogP contribution in [0.2, 0.25) is 0 Å². The van der Waals surface area contributed by atoms with Gasteiger partial charge >= 0.3 is 17.9 Å². The Bertz CT molecular complexity index is 1200. The first-order chi connectivity index (χ1) is 22.3. The molecule has 11 heteroatoms. The third-order valence-electron chi connectivity index (χ3n) is 7.77.